The van der Waals surface area contributed by atoms with Crippen molar-refractivity contribution in [2.75, 3.05) is 25.1 Å². The SMILES string of the molecule is CN1CCCC1c1cccnc1.Nc1cc2ccccc2[nH]1.Nc1ncnc2nc[nH]c12. The van der Waals surface area contributed by atoms with E-state index in [0.29, 0.717) is 23.0 Å². The standard InChI is InChI=1S/C10H14N2.C8H8N2.C5H5N5/c1-12-7-3-5-10(12)9-4-2-6-11-8-9;9-8-5-6-3-1-2-4-7(6)10-8;6-4-3-5(9-1-7-3)10-2-8-4/h2,4,6,8,10H,3,5,7H2,1H3;1-5,10H,9H2;1-2H,(H3,6,7,8,9,10). The molecule has 1 aromatic carbocycles. The van der Waals surface area contributed by atoms with Crippen LogP contribution in [0.25, 0.3) is 22.1 Å². The first-order valence-electron chi connectivity index (χ1n) is 10.4. The van der Waals surface area contributed by atoms with Gasteiger partial charge in [-0.25, -0.2) is 15.0 Å². The van der Waals surface area contributed by atoms with E-state index >= 15 is 0 Å². The number of para-hydroxylation sites is 1. The molecule has 164 valence electrons. The number of H-pyrrole nitrogens is 2. The largest absolute Gasteiger partial charge is 0.385 e. The lowest BCUT2D eigenvalue weighted by molar-refractivity contribution is 0.317. The Hall–Kier alpha value is -3.98. The highest BCUT2D eigenvalue weighted by Crippen LogP contribution is 2.29. The van der Waals surface area contributed by atoms with Crippen LogP contribution >= 0.6 is 0 Å². The minimum Gasteiger partial charge on any atom is -0.385 e. The van der Waals surface area contributed by atoms with E-state index in [4.69, 9.17) is 11.5 Å². The monoisotopic (exact) mass is 429 g/mol. The van der Waals surface area contributed by atoms with Gasteiger partial charge < -0.3 is 21.4 Å². The molecule has 0 saturated carbocycles. The molecule has 4 aromatic heterocycles. The summed E-state index contributed by atoms with van der Waals surface area (Å²) in [5.41, 5.74) is 14.8. The van der Waals surface area contributed by atoms with E-state index in [9.17, 15) is 0 Å². The third-order valence-electron chi connectivity index (χ3n) is 5.39. The molecule has 0 amide bonds. The molecule has 5 heterocycles. The number of imidazole rings is 1. The number of aromatic amines is 2. The Labute approximate surface area is 185 Å². The van der Waals surface area contributed by atoms with Crippen molar-refractivity contribution >= 4 is 33.7 Å². The molecular weight excluding hydrogens is 402 g/mol. The van der Waals surface area contributed by atoms with E-state index in [2.05, 4.69) is 47.9 Å². The molecule has 1 saturated heterocycles. The smallest absolute Gasteiger partial charge is 0.182 e. The quantitative estimate of drug-likeness (QED) is 0.320. The number of hydrogen-bond acceptors (Lipinski definition) is 7. The molecule has 0 radical (unpaired) electrons. The molecule has 1 unspecified atom stereocenters. The van der Waals surface area contributed by atoms with Crippen LogP contribution in [0.5, 0.6) is 0 Å². The second-order valence-electron chi connectivity index (χ2n) is 7.60. The van der Waals surface area contributed by atoms with Crippen LogP contribution in [0, 0.1) is 0 Å². The van der Waals surface area contributed by atoms with Gasteiger partial charge in [0, 0.05) is 29.3 Å². The predicted molar refractivity (Wildman–Crippen MR) is 128 cm³/mol. The number of nitrogen functional groups attached to an aromatic ring is 2. The van der Waals surface area contributed by atoms with Crippen molar-refractivity contribution in [3.05, 3.63) is 73.1 Å². The first-order valence-corrected chi connectivity index (χ1v) is 10.4. The van der Waals surface area contributed by atoms with Gasteiger partial charge >= 0.3 is 0 Å². The van der Waals surface area contributed by atoms with Gasteiger partial charge in [-0.15, -0.1) is 0 Å². The van der Waals surface area contributed by atoms with Crippen molar-refractivity contribution in [1.82, 2.24) is 34.8 Å². The summed E-state index contributed by atoms with van der Waals surface area (Å²) in [7, 11) is 2.19. The second kappa shape index (κ2) is 9.88. The summed E-state index contributed by atoms with van der Waals surface area (Å²) >= 11 is 0. The summed E-state index contributed by atoms with van der Waals surface area (Å²) in [6, 6.07) is 14.7. The van der Waals surface area contributed by atoms with E-state index in [-0.39, 0.29) is 0 Å². The summed E-state index contributed by atoms with van der Waals surface area (Å²) in [5, 5.41) is 1.17. The van der Waals surface area contributed by atoms with Crippen LogP contribution in [0.3, 0.4) is 0 Å². The average Bonchev–Trinajstić information content (AvgIpc) is 3.54. The molecule has 6 rings (SSSR count). The van der Waals surface area contributed by atoms with Crippen LogP contribution < -0.4 is 11.5 Å². The molecule has 32 heavy (non-hydrogen) atoms. The maximum Gasteiger partial charge on any atom is 0.182 e. The van der Waals surface area contributed by atoms with Gasteiger partial charge in [0.15, 0.2) is 11.5 Å². The highest BCUT2D eigenvalue weighted by atomic mass is 15.1. The molecule has 1 aliphatic rings. The van der Waals surface area contributed by atoms with Crippen LogP contribution in [-0.4, -0.2) is 48.4 Å². The van der Waals surface area contributed by atoms with Crippen LogP contribution in [0.4, 0.5) is 11.6 Å². The van der Waals surface area contributed by atoms with Crippen LogP contribution in [0.15, 0.2) is 67.5 Å². The number of likely N-dealkylation sites (tertiary alicyclic amines) is 1. The first-order chi connectivity index (χ1) is 15.6. The molecule has 1 fully saturated rings. The van der Waals surface area contributed by atoms with Gasteiger partial charge in [0.2, 0.25) is 0 Å². The fourth-order valence-electron chi connectivity index (χ4n) is 3.78. The second-order valence-corrected chi connectivity index (χ2v) is 7.60. The molecule has 6 N–H and O–H groups in total. The summed E-state index contributed by atoms with van der Waals surface area (Å²) in [5.74, 6) is 1.16. The Morgan fingerprint density at radius 3 is 2.66 bits per heavy atom. The number of aromatic nitrogens is 6. The maximum atomic E-state index is 5.54. The Morgan fingerprint density at radius 2 is 1.94 bits per heavy atom. The van der Waals surface area contributed by atoms with Gasteiger partial charge in [-0.05, 0) is 50.2 Å². The lowest BCUT2D eigenvalue weighted by Crippen LogP contribution is -2.17. The van der Waals surface area contributed by atoms with Gasteiger partial charge in [0.1, 0.15) is 17.7 Å². The Kier molecular flexibility index (Phi) is 6.57. The average molecular weight is 430 g/mol. The molecule has 0 spiro atoms. The number of nitrogens with two attached hydrogens (primary N) is 2. The lowest BCUT2D eigenvalue weighted by atomic mass is 10.1. The maximum absolute atomic E-state index is 5.54. The van der Waals surface area contributed by atoms with E-state index in [1.165, 1.54) is 43.0 Å². The summed E-state index contributed by atoms with van der Waals surface area (Å²) in [4.78, 5) is 23.9. The molecule has 1 aliphatic heterocycles. The Bertz CT molecular complexity index is 1230. The highest BCUT2D eigenvalue weighted by Gasteiger charge is 2.21. The topological polar surface area (TPSA) is 138 Å². The molecule has 1 atom stereocenters. The molecule has 0 aliphatic carbocycles. The van der Waals surface area contributed by atoms with Crippen molar-refractivity contribution < 1.29 is 0 Å². The predicted octanol–water partition coefficient (Wildman–Crippen LogP) is 3.53. The molecule has 9 nitrogen and oxygen atoms in total. The van der Waals surface area contributed by atoms with Crippen molar-refractivity contribution in [1.29, 1.82) is 0 Å². The van der Waals surface area contributed by atoms with Crippen LogP contribution in [0.1, 0.15) is 24.4 Å². The number of rotatable bonds is 1. The fraction of sp³-hybridized carbons (Fsp3) is 0.217. The summed E-state index contributed by atoms with van der Waals surface area (Å²) in [6.07, 6.45) is 9.33. The molecule has 0 bridgehead atoms. The third kappa shape index (κ3) is 5.01. The number of benzene rings is 1. The van der Waals surface area contributed by atoms with Crippen molar-refractivity contribution in [2.24, 2.45) is 0 Å². The third-order valence-corrected chi connectivity index (χ3v) is 5.39. The van der Waals surface area contributed by atoms with Gasteiger partial charge in [-0.1, -0.05) is 24.3 Å². The van der Waals surface area contributed by atoms with Gasteiger partial charge in [0.05, 0.1) is 6.33 Å². The van der Waals surface area contributed by atoms with Crippen LogP contribution in [0.2, 0.25) is 0 Å². The number of hydrogen-bond donors (Lipinski definition) is 4. The van der Waals surface area contributed by atoms with E-state index in [0.717, 1.165) is 11.3 Å². The van der Waals surface area contributed by atoms with Crippen molar-refractivity contribution in [2.45, 2.75) is 18.9 Å². The van der Waals surface area contributed by atoms with Crippen molar-refractivity contribution in [3.63, 3.8) is 0 Å². The summed E-state index contributed by atoms with van der Waals surface area (Å²) < 4.78 is 0. The number of anilines is 2. The van der Waals surface area contributed by atoms with E-state index in [1.807, 2.05) is 48.8 Å². The van der Waals surface area contributed by atoms with Gasteiger partial charge in [-0.3, -0.25) is 9.88 Å². The molecule has 5 aromatic rings. The number of nitrogens with one attached hydrogen (secondary N) is 2. The normalized spacial score (nSPS) is 15.7. The number of fused-ring (bicyclic) bond motifs is 2. The van der Waals surface area contributed by atoms with Crippen LogP contribution in [-0.2, 0) is 0 Å². The zero-order chi connectivity index (χ0) is 22.3. The Morgan fingerprint density at radius 1 is 1.06 bits per heavy atom. The minimum absolute atomic E-state index is 0.433. The lowest BCUT2D eigenvalue weighted by Gasteiger charge is -2.18. The fourth-order valence-corrected chi connectivity index (χ4v) is 3.78. The zero-order valence-electron chi connectivity index (χ0n) is 17.9. The zero-order valence-corrected chi connectivity index (χ0v) is 17.9. The first kappa shape index (κ1) is 21.3. The minimum atomic E-state index is 0.433. The van der Waals surface area contributed by atoms with Gasteiger partial charge in [0.25, 0.3) is 0 Å². The van der Waals surface area contributed by atoms with E-state index in [1.54, 1.807) is 0 Å². The van der Waals surface area contributed by atoms with Crippen molar-refractivity contribution in [3.8, 4) is 0 Å². The Balaban J connectivity index is 0.000000115. The molecular formula is C23H27N9. The highest BCUT2D eigenvalue weighted by molar-refractivity contribution is 5.83. The summed E-state index contributed by atoms with van der Waals surface area (Å²) in [6.45, 7) is 1.22. The molecule has 9 heteroatoms. The number of pyridine rings is 1. The van der Waals surface area contributed by atoms with Gasteiger partial charge in [-0.2, -0.15) is 0 Å². The number of nitrogens with zero attached hydrogens (tertiary/aromatic N) is 5. The van der Waals surface area contributed by atoms with E-state index < -0.39 is 0 Å².